The van der Waals surface area contributed by atoms with Crippen molar-refractivity contribution in [3.05, 3.63) is 11.6 Å². The molecular formula is C25H45NO17. The molecule has 2 aliphatic heterocycles. The Morgan fingerprint density at radius 1 is 0.814 bits per heavy atom. The third-order valence-corrected chi connectivity index (χ3v) is 8.02. The summed E-state index contributed by atoms with van der Waals surface area (Å²) in [4.78, 5) is 0. The molecule has 0 saturated carbocycles. The van der Waals surface area contributed by atoms with Crippen molar-refractivity contribution in [2.45, 2.75) is 124 Å². The highest BCUT2D eigenvalue weighted by molar-refractivity contribution is 5.22. The first-order chi connectivity index (χ1) is 20.1. The first kappa shape index (κ1) is 36.5. The Morgan fingerprint density at radius 2 is 1.44 bits per heavy atom. The molecule has 10 unspecified atom stereocenters. The molecule has 14 N–H and O–H groups in total. The lowest BCUT2D eigenvalue weighted by Crippen LogP contribution is -2.68. The van der Waals surface area contributed by atoms with Gasteiger partial charge in [0.05, 0.1) is 44.1 Å². The van der Waals surface area contributed by atoms with Gasteiger partial charge in [0, 0.05) is 0 Å². The number of hydrogen-bond donors (Lipinski definition) is 14. The highest BCUT2D eigenvalue weighted by Crippen LogP contribution is 2.30. The fourth-order valence-electron chi connectivity index (χ4n) is 5.25. The van der Waals surface area contributed by atoms with Crippen LogP contribution >= 0.6 is 0 Å². The summed E-state index contributed by atoms with van der Waals surface area (Å²) in [6, 6.07) is -2.14. The van der Waals surface area contributed by atoms with Crippen LogP contribution in [0.15, 0.2) is 11.6 Å². The van der Waals surface area contributed by atoms with E-state index in [1.54, 1.807) is 0 Å². The molecule has 2 saturated heterocycles. The molecule has 2 fully saturated rings. The average molecular weight is 632 g/mol. The third kappa shape index (κ3) is 8.06. The molecule has 2 heterocycles. The van der Waals surface area contributed by atoms with E-state index in [1.165, 1.54) is 19.9 Å². The summed E-state index contributed by atoms with van der Waals surface area (Å²) in [5.74, 6) is 0. The molecular weight excluding hydrogens is 586 g/mol. The molecule has 0 aromatic rings. The molecule has 1 aliphatic carbocycles. The molecule has 0 aromatic heterocycles. The Labute approximate surface area is 246 Å². The second-order valence-electron chi connectivity index (χ2n) is 11.2. The molecule has 0 amide bonds. The minimum absolute atomic E-state index is 0.0288. The summed E-state index contributed by atoms with van der Waals surface area (Å²) in [6.07, 6.45) is -24.3. The van der Waals surface area contributed by atoms with E-state index < -0.39 is 130 Å². The quantitative estimate of drug-likeness (QED) is 0.0889. The maximum absolute atomic E-state index is 10.9. The fourth-order valence-corrected chi connectivity index (χ4v) is 5.25. The largest absolute Gasteiger partial charge is 0.394 e. The predicted molar refractivity (Wildman–Crippen MR) is 139 cm³/mol. The van der Waals surface area contributed by atoms with Crippen molar-refractivity contribution in [3.63, 3.8) is 0 Å². The van der Waals surface area contributed by atoms with Gasteiger partial charge in [0.2, 0.25) is 0 Å². The summed E-state index contributed by atoms with van der Waals surface area (Å²) in [5, 5.41) is 135. The Kier molecular flexibility index (Phi) is 13.2. The number of hydrogen-bond acceptors (Lipinski definition) is 18. The van der Waals surface area contributed by atoms with E-state index in [1.807, 2.05) is 0 Å². The van der Waals surface area contributed by atoms with Crippen LogP contribution in [0.4, 0.5) is 0 Å². The molecule has 252 valence electrons. The van der Waals surface area contributed by atoms with Crippen molar-refractivity contribution >= 4 is 0 Å². The lowest BCUT2D eigenvalue weighted by Gasteiger charge is -2.47. The number of aliphatic hydroxyl groups excluding tert-OH is 13. The standard InChI is InChI=1S/C25H45NO17/c1-7(29)14(31)17(34)11(30)6-40-24-22(39)20(37)23(12(5-28)42-24)43-25-21(38)18(35)13(8(2)41-25)26-10-3-9(4-27)15(32)19(36)16(10)33/h3,7-8,10-39H,4-6H2,1-2H3/t7?,8-,10?,11-,12?,13+,14?,15-,16+,17?,18+,19?,20?,21?,22-,23?,24+,25?/m1/s1. The summed E-state index contributed by atoms with van der Waals surface area (Å²) in [7, 11) is 0. The maximum atomic E-state index is 10.9. The van der Waals surface area contributed by atoms with Crippen molar-refractivity contribution in [1.82, 2.24) is 5.32 Å². The smallest absolute Gasteiger partial charge is 0.187 e. The third-order valence-electron chi connectivity index (χ3n) is 8.02. The molecule has 0 bridgehead atoms. The fraction of sp³-hybridized carbons (Fsp3) is 0.920. The van der Waals surface area contributed by atoms with E-state index in [9.17, 15) is 66.4 Å². The lowest BCUT2D eigenvalue weighted by molar-refractivity contribution is -0.352. The zero-order chi connectivity index (χ0) is 32.3. The van der Waals surface area contributed by atoms with Gasteiger partial charge in [0.25, 0.3) is 0 Å². The number of rotatable bonds is 12. The molecule has 0 aromatic carbocycles. The Hall–Kier alpha value is -0.980. The zero-order valence-corrected chi connectivity index (χ0v) is 23.5. The van der Waals surface area contributed by atoms with Crippen LogP contribution in [0.1, 0.15) is 13.8 Å². The normalized spacial score (nSPS) is 45.2. The van der Waals surface area contributed by atoms with Crippen LogP contribution in [-0.2, 0) is 18.9 Å². The van der Waals surface area contributed by atoms with Gasteiger partial charge in [-0.25, -0.2) is 0 Å². The van der Waals surface area contributed by atoms with Gasteiger partial charge in [-0.15, -0.1) is 0 Å². The van der Waals surface area contributed by atoms with Crippen LogP contribution in [0.2, 0.25) is 0 Å². The Bertz CT molecular complexity index is 896. The van der Waals surface area contributed by atoms with E-state index >= 15 is 0 Å². The number of ether oxygens (including phenoxy) is 4. The van der Waals surface area contributed by atoms with E-state index in [0.29, 0.717) is 0 Å². The highest BCUT2D eigenvalue weighted by Gasteiger charge is 2.51. The highest BCUT2D eigenvalue weighted by atomic mass is 16.7. The maximum Gasteiger partial charge on any atom is 0.187 e. The average Bonchev–Trinajstić information content (AvgIpc) is 2.98. The summed E-state index contributed by atoms with van der Waals surface area (Å²) < 4.78 is 22.0. The SMILES string of the molecule is CC(O)C(O)C(O)[C@H](O)CO[C@H]1OC(CO)C(OC2O[C@H](C)[C@H](NC3C=C(CO)[C@@H](O)C(O)[C@H]3O)[C@H](O)C2O)C(O)[C@H]1O. The minimum atomic E-state index is -1.85. The molecule has 3 rings (SSSR count). The van der Waals surface area contributed by atoms with Crippen LogP contribution < -0.4 is 5.32 Å². The summed E-state index contributed by atoms with van der Waals surface area (Å²) in [6.45, 7) is 0.547. The van der Waals surface area contributed by atoms with Crippen molar-refractivity contribution in [1.29, 1.82) is 0 Å². The van der Waals surface area contributed by atoms with Crippen molar-refractivity contribution in [3.8, 4) is 0 Å². The van der Waals surface area contributed by atoms with E-state index in [4.69, 9.17) is 18.9 Å². The van der Waals surface area contributed by atoms with Crippen molar-refractivity contribution in [2.24, 2.45) is 0 Å². The van der Waals surface area contributed by atoms with Crippen LogP contribution in [0.3, 0.4) is 0 Å². The minimum Gasteiger partial charge on any atom is -0.394 e. The van der Waals surface area contributed by atoms with E-state index in [2.05, 4.69) is 5.32 Å². The van der Waals surface area contributed by atoms with Gasteiger partial charge in [-0.05, 0) is 19.4 Å². The van der Waals surface area contributed by atoms with Gasteiger partial charge in [-0.2, -0.15) is 0 Å². The lowest BCUT2D eigenvalue weighted by atomic mass is 9.86. The Balaban J connectivity index is 1.63. The van der Waals surface area contributed by atoms with Gasteiger partial charge >= 0.3 is 0 Å². The van der Waals surface area contributed by atoms with Gasteiger partial charge < -0.3 is 90.6 Å². The van der Waals surface area contributed by atoms with Crippen LogP contribution in [-0.4, -0.2) is 196 Å². The molecule has 3 aliphatic rings. The first-order valence-electron chi connectivity index (χ1n) is 13.9. The van der Waals surface area contributed by atoms with Crippen LogP contribution in [0.25, 0.3) is 0 Å². The van der Waals surface area contributed by atoms with Gasteiger partial charge in [0.1, 0.15) is 73.2 Å². The van der Waals surface area contributed by atoms with Crippen molar-refractivity contribution < 1.29 is 85.3 Å². The monoisotopic (exact) mass is 631 g/mol. The van der Waals surface area contributed by atoms with Gasteiger partial charge in [0.15, 0.2) is 12.6 Å². The second kappa shape index (κ2) is 15.5. The molecule has 0 radical (unpaired) electrons. The van der Waals surface area contributed by atoms with Gasteiger partial charge in [-0.3, -0.25) is 0 Å². The number of nitrogens with one attached hydrogen (secondary N) is 1. The van der Waals surface area contributed by atoms with E-state index in [-0.39, 0.29) is 5.57 Å². The molecule has 43 heavy (non-hydrogen) atoms. The van der Waals surface area contributed by atoms with Crippen molar-refractivity contribution in [2.75, 3.05) is 19.8 Å². The van der Waals surface area contributed by atoms with Crippen LogP contribution in [0.5, 0.6) is 0 Å². The molecule has 18 nitrogen and oxygen atoms in total. The van der Waals surface area contributed by atoms with E-state index in [0.717, 1.165) is 0 Å². The van der Waals surface area contributed by atoms with Crippen LogP contribution in [0, 0.1) is 0 Å². The molecule has 18 atom stereocenters. The second-order valence-corrected chi connectivity index (χ2v) is 11.2. The Morgan fingerprint density at radius 3 is 2.02 bits per heavy atom. The molecule has 0 spiro atoms. The first-order valence-corrected chi connectivity index (χ1v) is 13.9. The predicted octanol–water partition coefficient (Wildman–Crippen LogP) is -7.90. The summed E-state index contributed by atoms with van der Waals surface area (Å²) >= 11 is 0. The topological polar surface area (TPSA) is 312 Å². The van der Waals surface area contributed by atoms with Gasteiger partial charge in [-0.1, -0.05) is 6.08 Å². The number of aliphatic hydroxyl groups is 13. The molecule has 18 heteroatoms. The summed E-state index contributed by atoms with van der Waals surface area (Å²) in [5.41, 5.74) is 0.0288. The zero-order valence-electron chi connectivity index (χ0n) is 23.5.